The number of hydrogen-bond donors (Lipinski definition) is 1. The number of carboxylic acids is 1. The molecule has 0 radical (unpaired) electrons. The first-order chi connectivity index (χ1) is 8.01. The summed E-state index contributed by atoms with van der Waals surface area (Å²) in [7, 11) is -3.57. The van der Waals surface area contributed by atoms with Gasteiger partial charge in [0.1, 0.15) is 4.21 Å². The fourth-order valence-electron chi connectivity index (χ4n) is 1.48. The van der Waals surface area contributed by atoms with Crippen molar-refractivity contribution in [1.29, 1.82) is 0 Å². The molecule has 1 N–H and O–H groups in total. The lowest BCUT2D eigenvalue weighted by atomic mass is 10.4. The minimum atomic E-state index is -3.57. The van der Waals surface area contributed by atoms with Crippen LogP contribution >= 0.6 is 11.3 Å². The molecular weight excluding hydrogens is 266 g/mol. The van der Waals surface area contributed by atoms with Crippen LogP contribution in [0.25, 0.3) is 0 Å². The Morgan fingerprint density at radius 2 is 2.06 bits per heavy atom. The van der Waals surface area contributed by atoms with Crippen LogP contribution < -0.4 is 0 Å². The Bertz CT molecular complexity index is 515. The molecule has 0 spiro atoms. The highest BCUT2D eigenvalue weighted by atomic mass is 32.2. The zero-order chi connectivity index (χ0) is 12.5. The molecule has 1 aromatic heterocycles. The maximum Gasteiger partial charge on any atom is 0.336 e. The van der Waals surface area contributed by atoms with Crippen molar-refractivity contribution in [2.45, 2.75) is 4.21 Å². The maximum atomic E-state index is 12.1. The standard InChI is InChI=1S/C9H11NO5S2/c11-9(12)7-5-8(16-6-7)17(13,14)10-1-3-15-4-2-10/h5-6H,1-4H2,(H,11,12). The summed E-state index contributed by atoms with van der Waals surface area (Å²) < 4.78 is 30.7. The smallest absolute Gasteiger partial charge is 0.336 e. The number of rotatable bonds is 3. The average molecular weight is 277 g/mol. The van der Waals surface area contributed by atoms with E-state index in [0.717, 1.165) is 11.3 Å². The van der Waals surface area contributed by atoms with E-state index in [0.29, 0.717) is 26.3 Å². The van der Waals surface area contributed by atoms with Crippen molar-refractivity contribution in [3.8, 4) is 0 Å². The Labute approximate surface area is 102 Å². The van der Waals surface area contributed by atoms with Crippen molar-refractivity contribution in [3.63, 3.8) is 0 Å². The molecule has 1 saturated heterocycles. The van der Waals surface area contributed by atoms with Crippen molar-refractivity contribution in [3.05, 3.63) is 17.0 Å². The summed E-state index contributed by atoms with van der Waals surface area (Å²) in [4.78, 5) is 10.7. The van der Waals surface area contributed by atoms with Crippen LogP contribution in [-0.4, -0.2) is 50.1 Å². The van der Waals surface area contributed by atoms with Gasteiger partial charge >= 0.3 is 5.97 Å². The summed E-state index contributed by atoms with van der Waals surface area (Å²) in [5.41, 5.74) is 0.00170. The second-order valence-corrected chi connectivity index (χ2v) is 6.55. The minimum absolute atomic E-state index is 0.00170. The van der Waals surface area contributed by atoms with Gasteiger partial charge in [-0.15, -0.1) is 11.3 Å². The lowest BCUT2D eigenvalue weighted by Crippen LogP contribution is -2.40. The molecule has 0 atom stereocenters. The monoisotopic (exact) mass is 277 g/mol. The van der Waals surface area contributed by atoms with E-state index in [1.54, 1.807) is 0 Å². The van der Waals surface area contributed by atoms with Gasteiger partial charge in [-0.1, -0.05) is 0 Å². The molecule has 0 aromatic carbocycles. The number of thiophene rings is 1. The van der Waals surface area contributed by atoms with Gasteiger partial charge in [0.15, 0.2) is 0 Å². The quantitative estimate of drug-likeness (QED) is 0.868. The molecular formula is C9H11NO5S2. The second kappa shape index (κ2) is 4.73. The molecule has 0 aliphatic carbocycles. The predicted molar refractivity (Wildman–Crippen MR) is 60.9 cm³/mol. The van der Waals surface area contributed by atoms with Crippen LogP contribution in [0.15, 0.2) is 15.7 Å². The fraction of sp³-hybridized carbons (Fsp3) is 0.444. The average Bonchev–Trinajstić information content (AvgIpc) is 2.80. The van der Waals surface area contributed by atoms with E-state index in [-0.39, 0.29) is 9.77 Å². The van der Waals surface area contributed by atoms with Crippen molar-refractivity contribution in [2.75, 3.05) is 26.3 Å². The third-order valence-electron chi connectivity index (χ3n) is 2.39. The van der Waals surface area contributed by atoms with Gasteiger partial charge in [0, 0.05) is 18.5 Å². The molecule has 2 heterocycles. The molecule has 1 fully saturated rings. The molecule has 2 rings (SSSR count). The Morgan fingerprint density at radius 1 is 1.41 bits per heavy atom. The zero-order valence-corrected chi connectivity index (χ0v) is 10.5. The predicted octanol–water partition coefficient (Wildman–Crippen LogP) is 0.467. The molecule has 17 heavy (non-hydrogen) atoms. The summed E-state index contributed by atoms with van der Waals surface area (Å²) in [5.74, 6) is -1.12. The van der Waals surface area contributed by atoms with Crippen LogP contribution in [0, 0.1) is 0 Å². The first-order valence-corrected chi connectivity index (χ1v) is 7.23. The van der Waals surface area contributed by atoms with Crippen molar-refractivity contribution >= 4 is 27.3 Å². The highest BCUT2D eigenvalue weighted by Gasteiger charge is 2.28. The van der Waals surface area contributed by atoms with Gasteiger partial charge in [-0.2, -0.15) is 4.31 Å². The summed E-state index contributed by atoms with van der Waals surface area (Å²) in [6.07, 6.45) is 0. The lowest BCUT2D eigenvalue weighted by molar-refractivity contribution is 0.0697. The lowest BCUT2D eigenvalue weighted by Gasteiger charge is -2.25. The van der Waals surface area contributed by atoms with Gasteiger partial charge in [0.05, 0.1) is 18.8 Å². The maximum absolute atomic E-state index is 12.1. The number of nitrogens with zero attached hydrogens (tertiary/aromatic N) is 1. The second-order valence-electron chi connectivity index (χ2n) is 3.48. The molecule has 0 amide bonds. The SMILES string of the molecule is O=C(O)c1csc(S(=O)(=O)N2CCOCC2)c1. The molecule has 0 bridgehead atoms. The third-order valence-corrected chi connectivity index (χ3v) is 5.70. The number of hydrogen-bond acceptors (Lipinski definition) is 5. The number of carbonyl (C=O) groups is 1. The van der Waals surface area contributed by atoms with Gasteiger partial charge in [0.25, 0.3) is 10.0 Å². The van der Waals surface area contributed by atoms with E-state index in [2.05, 4.69) is 0 Å². The first-order valence-electron chi connectivity index (χ1n) is 4.91. The topological polar surface area (TPSA) is 83.9 Å². The summed E-state index contributed by atoms with van der Waals surface area (Å²) in [5, 5.41) is 10.1. The summed E-state index contributed by atoms with van der Waals surface area (Å²) in [6.45, 7) is 1.36. The van der Waals surface area contributed by atoms with Gasteiger partial charge in [-0.25, -0.2) is 13.2 Å². The van der Waals surface area contributed by atoms with Crippen LogP contribution in [0.1, 0.15) is 10.4 Å². The van der Waals surface area contributed by atoms with Crippen LogP contribution in [0.3, 0.4) is 0 Å². The minimum Gasteiger partial charge on any atom is -0.478 e. The Balaban J connectivity index is 2.27. The molecule has 94 valence electrons. The van der Waals surface area contributed by atoms with Gasteiger partial charge in [-0.05, 0) is 6.07 Å². The molecule has 1 aromatic rings. The Kier molecular flexibility index (Phi) is 3.48. The van der Waals surface area contributed by atoms with Crippen LogP contribution in [-0.2, 0) is 14.8 Å². The van der Waals surface area contributed by atoms with Crippen LogP contribution in [0.4, 0.5) is 0 Å². The zero-order valence-electron chi connectivity index (χ0n) is 8.83. The normalized spacial score (nSPS) is 18.1. The van der Waals surface area contributed by atoms with Crippen molar-refractivity contribution in [1.82, 2.24) is 4.31 Å². The number of aromatic carboxylic acids is 1. The number of carboxylic acid groups (broad SMARTS) is 1. The van der Waals surface area contributed by atoms with Crippen LogP contribution in [0.2, 0.25) is 0 Å². The molecule has 1 aliphatic rings. The van der Waals surface area contributed by atoms with E-state index in [4.69, 9.17) is 9.84 Å². The fourth-order valence-corrected chi connectivity index (χ4v) is 4.19. The Morgan fingerprint density at radius 3 is 2.59 bits per heavy atom. The molecule has 0 saturated carbocycles. The number of morpholine rings is 1. The largest absolute Gasteiger partial charge is 0.478 e. The van der Waals surface area contributed by atoms with E-state index in [1.165, 1.54) is 15.8 Å². The molecule has 0 unspecified atom stereocenters. The van der Waals surface area contributed by atoms with E-state index in [1.807, 2.05) is 0 Å². The molecule has 1 aliphatic heterocycles. The van der Waals surface area contributed by atoms with Crippen molar-refractivity contribution < 1.29 is 23.1 Å². The van der Waals surface area contributed by atoms with E-state index >= 15 is 0 Å². The highest BCUT2D eigenvalue weighted by molar-refractivity contribution is 7.91. The van der Waals surface area contributed by atoms with Crippen LogP contribution in [0.5, 0.6) is 0 Å². The van der Waals surface area contributed by atoms with Gasteiger partial charge < -0.3 is 9.84 Å². The summed E-state index contributed by atoms with van der Waals surface area (Å²) >= 11 is 0.927. The van der Waals surface area contributed by atoms with Crippen molar-refractivity contribution in [2.24, 2.45) is 0 Å². The van der Waals surface area contributed by atoms with E-state index in [9.17, 15) is 13.2 Å². The first kappa shape index (κ1) is 12.5. The molecule has 8 heteroatoms. The van der Waals surface area contributed by atoms with Gasteiger partial charge in [0.2, 0.25) is 0 Å². The van der Waals surface area contributed by atoms with E-state index < -0.39 is 16.0 Å². The Hall–Kier alpha value is -0.960. The third kappa shape index (κ3) is 2.49. The number of ether oxygens (including phenoxy) is 1. The number of sulfonamides is 1. The van der Waals surface area contributed by atoms with Gasteiger partial charge in [-0.3, -0.25) is 0 Å². The highest BCUT2D eigenvalue weighted by Crippen LogP contribution is 2.24. The molecule has 6 nitrogen and oxygen atoms in total. The summed E-state index contributed by atoms with van der Waals surface area (Å²) in [6, 6.07) is 1.19.